The van der Waals surface area contributed by atoms with Gasteiger partial charge in [0.25, 0.3) is 0 Å². The Morgan fingerprint density at radius 1 is 1.19 bits per heavy atom. The molecule has 9 nitrogen and oxygen atoms in total. The number of nitrogens with one attached hydrogen (secondary N) is 1. The van der Waals surface area contributed by atoms with Crippen LogP contribution in [0.1, 0.15) is 63.4 Å². The van der Waals surface area contributed by atoms with Crippen LogP contribution < -0.4 is 5.32 Å². The van der Waals surface area contributed by atoms with Crippen molar-refractivity contribution in [2.24, 2.45) is 5.92 Å². The first kappa shape index (κ1) is 26.3. The van der Waals surface area contributed by atoms with Crippen LogP contribution in [0.3, 0.4) is 0 Å². The largest absolute Gasteiger partial charge is 0.390 e. The van der Waals surface area contributed by atoms with Crippen molar-refractivity contribution in [2.75, 3.05) is 19.6 Å². The minimum atomic E-state index is -0.899. The number of pyridine rings is 1. The van der Waals surface area contributed by atoms with Crippen LogP contribution in [0, 0.1) is 19.8 Å². The fourth-order valence-electron chi connectivity index (χ4n) is 5.50. The smallest absolute Gasteiger partial charge is 0.248 e. The fourth-order valence-corrected chi connectivity index (χ4v) is 5.50. The van der Waals surface area contributed by atoms with Gasteiger partial charge in [-0.15, -0.1) is 0 Å². The molecule has 2 amide bonds. The Bertz CT molecular complexity index is 1070. The van der Waals surface area contributed by atoms with Crippen molar-refractivity contribution < 1.29 is 14.7 Å². The number of hydrogen-bond donors (Lipinski definition) is 2. The summed E-state index contributed by atoms with van der Waals surface area (Å²) in [5.74, 6) is 0.393. The van der Waals surface area contributed by atoms with E-state index in [1.165, 1.54) is 5.56 Å². The topological polar surface area (TPSA) is 104 Å². The van der Waals surface area contributed by atoms with E-state index in [4.69, 9.17) is 5.10 Å². The number of likely N-dealkylation sites (tertiary alicyclic amines) is 1. The number of aryl methyl sites for hydroxylation is 1. The van der Waals surface area contributed by atoms with Crippen LogP contribution >= 0.6 is 0 Å². The van der Waals surface area contributed by atoms with Gasteiger partial charge in [0.1, 0.15) is 11.6 Å². The third-order valence-electron chi connectivity index (χ3n) is 7.89. The van der Waals surface area contributed by atoms with E-state index in [0.717, 1.165) is 36.6 Å². The molecule has 2 aliphatic rings. The monoisotopic (exact) mass is 496 g/mol. The number of piperazine rings is 1. The summed E-state index contributed by atoms with van der Waals surface area (Å²) in [6, 6.07) is 4.91. The molecule has 0 bridgehead atoms. The number of aromatic nitrogens is 3. The zero-order chi connectivity index (χ0) is 26.0. The number of amides is 2. The van der Waals surface area contributed by atoms with Crippen molar-refractivity contribution in [1.82, 2.24) is 29.9 Å². The van der Waals surface area contributed by atoms with Gasteiger partial charge >= 0.3 is 0 Å². The van der Waals surface area contributed by atoms with Gasteiger partial charge in [0.05, 0.1) is 11.8 Å². The number of aliphatic hydroxyl groups is 1. The van der Waals surface area contributed by atoms with Gasteiger partial charge in [-0.3, -0.25) is 14.5 Å². The zero-order valence-corrected chi connectivity index (χ0v) is 22.2. The molecule has 196 valence electrons. The van der Waals surface area contributed by atoms with E-state index in [2.05, 4.69) is 29.0 Å². The molecule has 0 aliphatic carbocycles. The lowest BCUT2D eigenvalue weighted by Crippen LogP contribution is -2.74. The quantitative estimate of drug-likeness (QED) is 0.582. The van der Waals surface area contributed by atoms with Crippen LogP contribution in [0.15, 0.2) is 24.4 Å². The number of aliphatic hydroxyl groups excluding tert-OH is 1. The molecule has 1 spiro atoms. The number of carbonyl (C=O) groups is 2. The molecule has 2 aliphatic heterocycles. The van der Waals surface area contributed by atoms with Gasteiger partial charge in [-0.1, -0.05) is 33.3 Å². The molecule has 2 unspecified atom stereocenters. The molecular weight excluding hydrogens is 456 g/mol. The third kappa shape index (κ3) is 4.78. The van der Waals surface area contributed by atoms with Gasteiger partial charge < -0.3 is 15.3 Å². The lowest BCUT2D eigenvalue weighted by atomic mass is 9.80. The third-order valence-corrected chi connectivity index (χ3v) is 7.89. The van der Waals surface area contributed by atoms with E-state index in [-0.39, 0.29) is 17.7 Å². The molecule has 36 heavy (non-hydrogen) atoms. The van der Waals surface area contributed by atoms with Crippen LogP contribution in [0.2, 0.25) is 0 Å². The van der Waals surface area contributed by atoms with Gasteiger partial charge in [-0.25, -0.2) is 9.67 Å². The Kier molecular flexibility index (Phi) is 7.80. The van der Waals surface area contributed by atoms with Gasteiger partial charge in [0, 0.05) is 43.6 Å². The van der Waals surface area contributed by atoms with Crippen LogP contribution in [-0.2, 0) is 16.1 Å². The van der Waals surface area contributed by atoms with Crippen LogP contribution in [0.4, 0.5) is 0 Å². The van der Waals surface area contributed by atoms with E-state index >= 15 is 0 Å². The molecule has 2 aromatic heterocycles. The van der Waals surface area contributed by atoms with Gasteiger partial charge in [-0.05, 0) is 51.2 Å². The molecule has 2 atom stereocenters. The lowest BCUT2D eigenvalue weighted by molar-refractivity contribution is -0.165. The first-order chi connectivity index (χ1) is 17.2. The van der Waals surface area contributed by atoms with E-state index in [1.807, 2.05) is 43.7 Å². The summed E-state index contributed by atoms with van der Waals surface area (Å²) < 4.78 is 1.88. The van der Waals surface area contributed by atoms with E-state index in [0.29, 0.717) is 32.5 Å². The second-order valence-electron chi connectivity index (χ2n) is 10.6. The number of hydrogen-bond acceptors (Lipinski definition) is 6. The molecule has 0 aromatic carbocycles. The first-order valence-electron chi connectivity index (χ1n) is 13.2. The second-order valence-corrected chi connectivity index (χ2v) is 10.6. The maximum absolute atomic E-state index is 13.5. The van der Waals surface area contributed by atoms with Gasteiger partial charge in [-0.2, -0.15) is 5.10 Å². The molecule has 9 heteroatoms. The predicted octanol–water partition coefficient (Wildman–Crippen LogP) is 2.36. The van der Waals surface area contributed by atoms with Gasteiger partial charge in [0.2, 0.25) is 11.8 Å². The van der Waals surface area contributed by atoms with E-state index in [1.54, 1.807) is 11.1 Å². The van der Waals surface area contributed by atoms with Crippen LogP contribution in [0.5, 0.6) is 0 Å². The predicted molar refractivity (Wildman–Crippen MR) is 137 cm³/mol. The molecule has 2 saturated heterocycles. The summed E-state index contributed by atoms with van der Waals surface area (Å²) in [6.07, 6.45) is 3.78. The average molecular weight is 497 g/mol. The highest BCUT2D eigenvalue weighted by molar-refractivity contribution is 6.00. The number of rotatable bonds is 8. The molecule has 2 aromatic rings. The Morgan fingerprint density at radius 3 is 2.53 bits per heavy atom. The molecule has 0 radical (unpaired) electrons. The van der Waals surface area contributed by atoms with Crippen molar-refractivity contribution in [2.45, 2.75) is 84.5 Å². The highest BCUT2D eigenvalue weighted by Crippen LogP contribution is 2.35. The Labute approximate surface area is 213 Å². The highest BCUT2D eigenvalue weighted by atomic mass is 16.3. The summed E-state index contributed by atoms with van der Waals surface area (Å²) in [7, 11) is 0. The SMILES string of the molecule is CCCCN1C(=O)C(C(O)C(C)C)NC(=O)C12CCN(Cc1c(C)nn(-c3ccccn3)c1C)CC2. The molecule has 4 rings (SSSR count). The molecule has 2 N–H and O–H groups in total. The van der Waals surface area contributed by atoms with Crippen molar-refractivity contribution in [3.63, 3.8) is 0 Å². The summed E-state index contributed by atoms with van der Waals surface area (Å²) in [5.41, 5.74) is 2.35. The minimum Gasteiger partial charge on any atom is -0.390 e. The van der Waals surface area contributed by atoms with E-state index in [9.17, 15) is 14.7 Å². The number of piperidine rings is 1. The average Bonchev–Trinajstić information content (AvgIpc) is 3.15. The summed E-state index contributed by atoms with van der Waals surface area (Å²) in [5, 5.41) is 18.3. The fraction of sp³-hybridized carbons (Fsp3) is 0.630. The lowest BCUT2D eigenvalue weighted by Gasteiger charge is -2.52. The summed E-state index contributed by atoms with van der Waals surface area (Å²) in [4.78, 5) is 35.6. The maximum atomic E-state index is 13.5. The van der Waals surface area contributed by atoms with Crippen molar-refractivity contribution >= 4 is 11.8 Å². The van der Waals surface area contributed by atoms with E-state index < -0.39 is 17.7 Å². The molecule has 4 heterocycles. The molecule has 2 fully saturated rings. The van der Waals surface area contributed by atoms with Gasteiger partial charge in [0.15, 0.2) is 5.82 Å². The molecule has 0 saturated carbocycles. The van der Waals surface area contributed by atoms with Crippen molar-refractivity contribution in [1.29, 1.82) is 0 Å². The standard InChI is InChI=1S/C27H40N6O3/c1-6-7-14-32-25(35)23(24(34)18(2)3)29-26(36)27(32)11-15-31(16-12-27)17-21-19(4)30-33(20(21)5)22-10-8-9-13-28-22/h8-10,13,18,23-24,34H,6-7,11-12,14-17H2,1-5H3,(H,29,36). The number of unbranched alkanes of at least 4 members (excludes halogenated alkanes) is 1. The summed E-state index contributed by atoms with van der Waals surface area (Å²) in [6.45, 7) is 12.6. The Morgan fingerprint density at radius 2 is 1.92 bits per heavy atom. The normalized spacial score (nSPS) is 21.3. The highest BCUT2D eigenvalue weighted by Gasteiger charge is 2.54. The number of nitrogens with zero attached hydrogens (tertiary/aromatic N) is 5. The molecular formula is C27H40N6O3. The number of carbonyl (C=O) groups excluding carboxylic acids is 2. The first-order valence-corrected chi connectivity index (χ1v) is 13.2. The van der Waals surface area contributed by atoms with Crippen molar-refractivity contribution in [3.8, 4) is 5.82 Å². The maximum Gasteiger partial charge on any atom is 0.248 e. The Hall–Kier alpha value is -2.78. The van der Waals surface area contributed by atoms with Crippen LogP contribution in [-0.4, -0.2) is 78.8 Å². The van der Waals surface area contributed by atoms with Crippen molar-refractivity contribution in [3.05, 3.63) is 41.3 Å². The van der Waals surface area contributed by atoms with Crippen LogP contribution in [0.25, 0.3) is 5.82 Å². The minimum absolute atomic E-state index is 0.123. The zero-order valence-electron chi connectivity index (χ0n) is 22.2. The second kappa shape index (κ2) is 10.7. The Balaban J connectivity index is 1.51. The summed E-state index contributed by atoms with van der Waals surface area (Å²) >= 11 is 0.